The fourth-order valence-electron chi connectivity index (χ4n) is 1.82. The third-order valence-corrected chi connectivity index (χ3v) is 2.96. The average Bonchev–Trinajstić information content (AvgIpc) is 2.37. The number of carboxylic acid groups (broad SMARTS) is 1. The Morgan fingerprint density at radius 2 is 1.95 bits per heavy atom. The Hall–Kier alpha value is -2.44. The van der Waals surface area contributed by atoms with Gasteiger partial charge in [-0.1, -0.05) is 13.8 Å². The molecule has 0 spiro atoms. The molecule has 1 rings (SSSR count). The summed E-state index contributed by atoms with van der Waals surface area (Å²) in [6.07, 6.45) is 1.37. The molecule has 0 unspecified atom stereocenters. The summed E-state index contributed by atoms with van der Waals surface area (Å²) < 4.78 is 1.07. The predicted molar refractivity (Wildman–Crippen MR) is 75.1 cm³/mol. The van der Waals surface area contributed by atoms with Gasteiger partial charge in [0.1, 0.15) is 12.6 Å². The molecule has 21 heavy (non-hydrogen) atoms. The number of aromatic nitrogens is 1. The number of nitrogens with zero attached hydrogens (tertiary/aromatic N) is 1. The quantitative estimate of drug-likeness (QED) is 0.733. The van der Waals surface area contributed by atoms with Crippen molar-refractivity contribution in [2.75, 3.05) is 0 Å². The highest BCUT2D eigenvalue weighted by Crippen LogP contribution is 2.02. The molecular formula is C14H18N2O5. The van der Waals surface area contributed by atoms with E-state index in [2.05, 4.69) is 5.32 Å². The number of amides is 1. The number of Topliss-reactive ketones (excluding diaryl/α,β-unsaturated/α-hetero) is 1. The Kier molecular flexibility index (Phi) is 5.40. The zero-order valence-electron chi connectivity index (χ0n) is 12.1. The van der Waals surface area contributed by atoms with Gasteiger partial charge in [0.2, 0.25) is 5.91 Å². The van der Waals surface area contributed by atoms with Crippen LogP contribution in [0.3, 0.4) is 0 Å². The highest BCUT2D eigenvalue weighted by atomic mass is 16.4. The second kappa shape index (κ2) is 6.83. The van der Waals surface area contributed by atoms with E-state index in [9.17, 15) is 19.2 Å². The van der Waals surface area contributed by atoms with Gasteiger partial charge in [0.05, 0.1) is 5.56 Å². The Labute approximate surface area is 121 Å². The number of pyridine rings is 1. The van der Waals surface area contributed by atoms with E-state index in [-0.39, 0.29) is 23.8 Å². The van der Waals surface area contributed by atoms with Crippen molar-refractivity contribution in [2.45, 2.75) is 33.4 Å². The van der Waals surface area contributed by atoms with E-state index in [0.717, 1.165) is 4.57 Å². The summed E-state index contributed by atoms with van der Waals surface area (Å²) in [4.78, 5) is 46.1. The molecule has 1 aromatic rings. The Morgan fingerprint density at radius 1 is 1.33 bits per heavy atom. The fraction of sp³-hybridized carbons (Fsp3) is 0.429. The van der Waals surface area contributed by atoms with Crippen molar-refractivity contribution in [1.82, 2.24) is 9.88 Å². The summed E-state index contributed by atoms with van der Waals surface area (Å²) in [6.45, 7) is 4.26. The maximum Gasteiger partial charge on any atom is 0.326 e. The van der Waals surface area contributed by atoms with E-state index in [1.807, 2.05) is 0 Å². The smallest absolute Gasteiger partial charge is 0.326 e. The van der Waals surface area contributed by atoms with E-state index in [4.69, 9.17) is 5.11 Å². The molecule has 1 heterocycles. The van der Waals surface area contributed by atoms with Crippen molar-refractivity contribution in [3.8, 4) is 0 Å². The molecule has 0 aliphatic carbocycles. The number of hydrogen-bond acceptors (Lipinski definition) is 4. The van der Waals surface area contributed by atoms with Crippen LogP contribution in [0, 0.1) is 5.92 Å². The van der Waals surface area contributed by atoms with Crippen LogP contribution in [0.15, 0.2) is 23.1 Å². The van der Waals surface area contributed by atoms with Gasteiger partial charge in [0.25, 0.3) is 5.56 Å². The third-order valence-electron chi connectivity index (χ3n) is 2.96. The molecule has 0 saturated carbocycles. The Morgan fingerprint density at radius 3 is 2.43 bits per heavy atom. The topological polar surface area (TPSA) is 105 Å². The molecule has 7 nitrogen and oxygen atoms in total. The average molecular weight is 294 g/mol. The fourth-order valence-corrected chi connectivity index (χ4v) is 1.82. The second-order valence-electron chi connectivity index (χ2n) is 5.04. The first-order chi connectivity index (χ1) is 9.73. The minimum atomic E-state index is -1.14. The minimum Gasteiger partial charge on any atom is -0.480 e. The molecule has 0 fully saturated rings. The molecule has 114 valence electrons. The lowest BCUT2D eigenvalue weighted by molar-refractivity contribution is -0.143. The molecule has 0 aliphatic rings. The van der Waals surface area contributed by atoms with Gasteiger partial charge in [0, 0.05) is 6.20 Å². The monoisotopic (exact) mass is 294 g/mol. The van der Waals surface area contributed by atoms with Crippen LogP contribution in [0.2, 0.25) is 0 Å². The van der Waals surface area contributed by atoms with Crippen molar-refractivity contribution < 1.29 is 19.5 Å². The van der Waals surface area contributed by atoms with Crippen LogP contribution >= 0.6 is 0 Å². The number of nitrogens with one attached hydrogen (secondary N) is 1. The highest BCUT2D eigenvalue weighted by Gasteiger charge is 2.23. The van der Waals surface area contributed by atoms with Gasteiger partial charge in [-0.05, 0) is 25.0 Å². The van der Waals surface area contributed by atoms with Crippen molar-refractivity contribution in [1.29, 1.82) is 0 Å². The number of hydrogen-bond donors (Lipinski definition) is 2. The van der Waals surface area contributed by atoms with Crippen molar-refractivity contribution in [3.05, 3.63) is 34.2 Å². The summed E-state index contributed by atoms with van der Waals surface area (Å²) >= 11 is 0. The van der Waals surface area contributed by atoms with Gasteiger partial charge in [-0.3, -0.25) is 14.4 Å². The first kappa shape index (κ1) is 16.6. The summed E-state index contributed by atoms with van der Waals surface area (Å²) in [6, 6.07) is 1.85. The predicted octanol–water partition coefficient (Wildman–Crippen LogP) is 0.276. The lowest BCUT2D eigenvalue weighted by atomic mass is 10.1. The summed E-state index contributed by atoms with van der Waals surface area (Å²) in [5, 5.41) is 11.4. The van der Waals surface area contributed by atoms with E-state index < -0.39 is 23.5 Å². The molecule has 2 N–H and O–H groups in total. The van der Waals surface area contributed by atoms with Crippen LogP contribution in [-0.2, 0) is 16.1 Å². The van der Waals surface area contributed by atoms with Crippen LogP contribution in [0.1, 0.15) is 31.1 Å². The third kappa shape index (κ3) is 4.27. The number of rotatable bonds is 6. The number of carbonyl (C=O) groups excluding carboxylic acids is 2. The van der Waals surface area contributed by atoms with Gasteiger partial charge < -0.3 is 15.0 Å². The summed E-state index contributed by atoms with van der Waals surface area (Å²) in [5.74, 6) is -2.41. The lowest BCUT2D eigenvalue weighted by Gasteiger charge is -2.18. The molecule has 0 saturated heterocycles. The number of carbonyl (C=O) groups is 3. The van der Waals surface area contributed by atoms with E-state index in [1.54, 1.807) is 13.8 Å². The number of ketones is 1. The Balaban J connectivity index is 2.90. The van der Waals surface area contributed by atoms with Crippen molar-refractivity contribution >= 4 is 17.7 Å². The normalized spacial score (nSPS) is 12.0. The molecule has 0 radical (unpaired) electrons. The van der Waals surface area contributed by atoms with Crippen LogP contribution in [-0.4, -0.2) is 33.4 Å². The van der Waals surface area contributed by atoms with Gasteiger partial charge >= 0.3 is 5.97 Å². The van der Waals surface area contributed by atoms with Crippen LogP contribution in [0.5, 0.6) is 0 Å². The SMILES string of the molecule is CC(=O)c1cccn(CC(=O)N[C@H](C(=O)O)C(C)C)c1=O. The van der Waals surface area contributed by atoms with Gasteiger partial charge in [-0.25, -0.2) is 4.79 Å². The first-order valence-corrected chi connectivity index (χ1v) is 6.46. The highest BCUT2D eigenvalue weighted by molar-refractivity contribution is 5.93. The zero-order chi connectivity index (χ0) is 16.2. The minimum absolute atomic E-state index is 0.0102. The lowest BCUT2D eigenvalue weighted by Crippen LogP contribution is -2.46. The van der Waals surface area contributed by atoms with Crippen LogP contribution in [0.4, 0.5) is 0 Å². The summed E-state index contributed by atoms with van der Waals surface area (Å²) in [7, 11) is 0. The molecule has 0 aliphatic heterocycles. The zero-order valence-corrected chi connectivity index (χ0v) is 12.1. The van der Waals surface area contributed by atoms with Gasteiger partial charge in [-0.2, -0.15) is 0 Å². The van der Waals surface area contributed by atoms with Crippen LogP contribution in [0.25, 0.3) is 0 Å². The second-order valence-corrected chi connectivity index (χ2v) is 5.04. The molecule has 1 atom stereocenters. The van der Waals surface area contributed by atoms with E-state index in [1.165, 1.54) is 25.3 Å². The first-order valence-electron chi connectivity index (χ1n) is 6.46. The van der Waals surface area contributed by atoms with Crippen molar-refractivity contribution in [2.24, 2.45) is 5.92 Å². The maximum absolute atomic E-state index is 11.9. The molecule has 7 heteroatoms. The molecular weight excluding hydrogens is 276 g/mol. The number of aliphatic carboxylic acids is 1. The largest absolute Gasteiger partial charge is 0.480 e. The maximum atomic E-state index is 11.9. The van der Waals surface area contributed by atoms with Crippen molar-refractivity contribution in [3.63, 3.8) is 0 Å². The molecule has 0 bridgehead atoms. The van der Waals surface area contributed by atoms with Gasteiger partial charge in [0.15, 0.2) is 5.78 Å². The Bertz CT molecular complexity index is 618. The standard InChI is InChI=1S/C14H18N2O5/c1-8(2)12(14(20)21)15-11(18)7-16-6-4-5-10(9(3)17)13(16)19/h4-6,8,12H,7H2,1-3H3,(H,15,18)(H,20,21)/t12-/m0/s1. The molecule has 1 aromatic heterocycles. The summed E-state index contributed by atoms with van der Waals surface area (Å²) in [5.41, 5.74) is -0.583. The van der Waals surface area contributed by atoms with E-state index >= 15 is 0 Å². The van der Waals surface area contributed by atoms with Gasteiger partial charge in [-0.15, -0.1) is 0 Å². The molecule has 1 amide bonds. The number of carboxylic acids is 1. The molecule has 0 aromatic carbocycles. The van der Waals surface area contributed by atoms with E-state index in [0.29, 0.717) is 0 Å². The van der Waals surface area contributed by atoms with Crippen LogP contribution < -0.4 is 10.9 Å².